The zero-order chi connectivity index (χ0) is 33.5. The van der Waals surface area contributed by atoms with E-state index in [4.69, 9.17) is 29.2 Å². The lowest BCUT2D eigenvalue weighted by molar-refractivity contribution is 0.156. The Labute approximate surface area is 294 Å². The van der Waals surface area contributed by atoms with Crippen molar-refractivity contribution in [2.45, 2.75) is 97.3 Å². The molecule has 0 spiro atoms. The highest BCUT2D eigenvalue weighted by Crippen LogP contribution is 2.29. The van der Waals surface area contributed by atoms with Crippen molar-refractivity contribution in [1.29, 1.82) is 0 Å². The Bertz CT molecular complexity index is 1300. The molecule has 0 aliphatic carbocycles. The Kier molecular flexibility index (Phi) is 12.6. The number of benzene rings is 2. The molecule has 0 bridgehead atoms. The number of aromatic hydroxyl groups is 1. The van der Waals surface area contributed by atoms with Gasteiger partial charge in [0.05, 0.1) is 6.61 Å². The van der Waals surface area contributed by atoms with Crippen LogP contribution in [-0.4, -0.2) is 105 Å². The fraction of sp³-hybridized carbons (Fsp3) is 0.632. The third-order valence-corrected chi connectivity index (χ3v) is 10.9. The van der Waals surface area contributed by atoms with E-state index in [0.29, 0.717) is 42.3 Å². The quantitative estimate of drug-likeness (QED) is 0.198. The maximum Gasteiger partial charge on any atom is 0.172 e. The lowest BCUT2D eigenvalue weighted by atomic mass is 10.0. The van der Waals surface area contributed by atoms with E-state index in [1.54, 1.807) is 0 Å². The average molecular weight is 680 g/mol. The number of phenols is 1. The molecular formula is C38H57N5O2S2. The van der Waals surface area contributed by atoms with Crippen LogP contribution in [0.2, 0.25) is 0 Å². The number of nitrogens with zero attached hydrogens (tertiary/aromatic N) is 4. The van der Waals surface area contributed by atoms with Crippen LogP contribution in [0, 0.1) is 11.8 Å². The fourth-order valence-electron chi connectivity index (χ4n) is 7.81. The van der Waals surface area contributed by atoms with E-state index in [2.05, 4.69) is 89.0 Å². The van der Waals surface area contributed by atoms with Gasteiger partial charge in [0.2, 0.25) is 0 Å². The van der Waals surface area contributed by atoms with Gasteiger partial charge in [-0.25, -0.2) is 0 Å². The van der Waals surface area contributed by atoms with Gasteiger partial charge in [-0.2, -0.15) is 0 Å². The SMILES string of the molecule is CCOc1ccc(CCN2C(=S)N([C@@H](Cc3ccc(O)cc3)CN3CCC[C@@H]3CN3C(=S)NC[C@@H]3CC(C)C)C[C@@H]2CC(C)C)cc1. The van der Waals surface area contributed by atoms with Crippen LogP contribution < -0.4 is 10.1 Å². The van der Waals surface area contributed by atoms with Crippen molar-refractivity contribution in [1.82, 2.24) is 24.9 Å². The monoisotopic (exact) mass is 679 g/mol. The van der Waals surface area contributed by atoms with E-state index in [-0.39, 0.29) is 6.04 Å². The molecule has 47 heavy (non-hydrogen) atoms. The first-order valence-electron chi connectivity index (χ1n) is 18.0. The molecule has 0 radical (unpaired) electrons. The second-order valence-corrected chi connectivity index (χ2v) is 15.4. The second kappa shape index (κ2) is 16.7. The maximum atomic E-state index is 10.0. The molecule has 7 nitrogen and oxygen atoms in total. The first-order valence-corrected chi connectivity index (χ1v) is 18.8. The normalized spacial score (nSPS) is 22.6. The van der Waals surface area contributed by atoms with E-state index >= 15 is 0 Å². The molecule has 2 N–H and O–H groups in total. The van der Waals surface area contributed by atoms with Crippen LogP contribution in [0.25, 0.3) is 0 Å². The minimum atomic E-state index is 0.243. The number of thiocarbonyl (C=S) groups is 2. The topological polar surface area (TPSA) is 54.5 Å². The van der Waals surface area contributed by atoms with Crippen molar-refractivity contribution in [3.05, 3.63) is 59.7 Å². The summed E-state index contributed by atoms with van der Waals surface area (Å²) in [6.07, 6.45) is 6.55. The Hall–Kier alpha value is -2.62. The Balaban J connectivity index is 1.33. The van der Waals surface area contributed by atoms with Crippen LogP contribution >= 0.6 is 24.4 Å². The largest absolute Gasteiger partial charge is 0.508 e. The molecule has 0 aromatic heterocycles. The number of hydrogen-bond donors (Lipinski definition) is 2. The molecule has 258 valence electrons. The Morgan fingerprint density at radius 2 is 1.57 bits per heavy atom. The van der Waals surface area contributed by atoms with Crippen LogP contribution in [0.4, 0.5) is 0 Å². The van der Waals surface area contributed by atoms with E-state index in [1.165, 1.54) is 24.0 Å². The molecular weight excluding hydrogens is 623 g/mol. The number of hydrogen-bond acceptors (Lipinski definition) is 5. The van der Waals surface area contributed by atoms with Gasteiger partial charge in [0.15, 0.2) is 10.2 Å². The van der Waals surface area contributed by atoms with Crippen molar-refractivity contribution in [3.8, 4) is 11.5 Å². The molecule has 5 rings (SSSR count). The third kappa shape index (κ3) is 9.51. The summed E-state index contributed by atoms with van der Waals surface area (Å²) in [5.41, 5.74) is 2.55. The predicted molar refractivity (Wildman–Crippen MR) is 201 cm³/mol. The van der Waals surface area contributed by atoms with Crippen molar-refractivity contribution in [2.75, 3.05) is 45.9 Å². The Morgan fingerprint density at radius 3 is 2.26 bits per heavy atom. The van der Waals surface area contributed by atoms with Gasteiger partial charge in [0, 0.05) is 56.9 Å². The smallest absolute Gasteiger partial charge is 0.172 e. The molecule has 9 heteroatoms. The van der Waals surface area contributed by atoms with E-state index in [9.17, 15) is 5.11 Å². The molecule has 2 aromatic carbocycles. The molecule has 3 heterocycles. The summed E-state index contributed by atoms with van der Waals surface area (Å²) in [6.45, 7) is 17.9. The van der Waals surface area contributed by atoms with Crippen molar-refractivity contribution < 1.29 is 9.84 Å². The van der Waals surface area contributed by atoms with Crippen LogP contribution in [0.3, 0.4) is 0 Å². The number of likely N-dealkylation sites (tertiary alicyclic amines) is 1. The average Bonchev–Trinajstić information content (AvgIpc) is 3.71. The predicted octanol–water partition coefficient (Wildman–Crippen LogP) is 6.33. The van der Waals surface area contributed by atoms with Crippen LogP contribution in [-0.2, 0) is 12.8 Å². The molecule has 3 aliphatic rings. The number of rotatable bonds is 16. The van der Waals surface area contributed by atoms with Gasteiger partial charge in [0.25, 0.3) is 0 Å². The first kappa shape index (κ1) is 35.7. The van der Waals surface area contributed by atoms with Crippen molar-refractivity contribution >= 4 is 34.7 Å². The molecule has 2 aromatic rings. The molecule has 0 amide bonds. The highest BCUT2D eigenvalue weighted by atomic mass is 32.1. The van der Waals surface area contributed by atoms with Crippen LogP contribution in [0.1, 0.15) is 71.4 Å². The highest BCUT2D eigenvalue weighted by molar-refractivity contribution is 7.80. The van der Waals surface area contributed by atoms with E-state index in [1.807, 2.05) is 19.1 Å². The minimum absolute atomic E-state index is 0.243. The van der Waals surface area contributed by atoms with Crippen LogP contribution in [0.5, 0.6) is 11.5 Å². The minimum Gasteiger partial charge on any atom is -0.508 e. The summed E-state index contributed by atoms with van der Waals surface area (Å²) in [7, 11) is 0. The zero-order valence-corrected chi connectivity index (χ0v) is 30.9. The summed E-state index contributed by atoms with van der Waals surface area (Å²) in [5.74, 6) is 2.47. The summed E-state index contributed by atoms with van der Waals surface area (Å²) in [6, 6.07) is 17.9. The second-order valence-electron chi connectivity index (χ2n) is 14.7. The van der Waals surface area contributed by atoms with Crippen LogP contribution in [0.15, 0.2) is 48.5 Å². The van der Waals surface area contributed by atoms with E-state index in [0.717, 1.165) is 80.9 Å². The summed E-state index contributed by atoms with van der Waals surface area (Å²) in [4.78, 5) is 10.3. The number of ether oxygens (including phenoxy) is 1. The van der Waals surface area contributed by atoms with Gasteiger partial charge in [-0.1, -0.05) is 52.0 Å². The Morgan fingerprint density at radius 1 is 0.894 bits per heavy atom. The van der Waals surface area contributed by atoms with E-state index < -0.39 is 0 Å². The fourth-order valence-corrected chi connectivity index (χ4v) is 8.58. The third-order valence-electron chi connectivity index (χ3n) is 10.1. The number of nitrogens with one attached hydrogen (secondary N) is 1. The van der Waals surface area contributed by atoms with Gasteiger partial charge in [-0.15, -0.1) is 0 Å². The molecule has 0 unspecified atom stereocenters. The van der Waals surface area contributed by atoms with Gasteiger partial charge < -0.3 is 29.9 Å². The lowest BCUT2D eigenvalue weighted by Crippen LogP contribution is -2.51. The molecule has 3 saturated heterocycles. The summed E-state index contributed by atoms with van der Waals surface area (Å²) >= 11 is 12.2. The van der Waals surface area contributed by atoms with Crippen molar-refractivity contribution in [2.24, 2.45) is 11.8 Å². The lowest BCUT2D eigenvalue weighted by Gasteiger charge is -2.37. The zero-order valence-electron chi connectivity index (χ0n) is 29.2. The maximum absolute atomic E-state index is 10.0. The molecule has 0 saturated carbocycles. The van der Waals surface area contributed by atoms with Gasteiger partial charge >= 0.3 is 0 Å². The molecule has 3 fully saturated rings. The molecule has 4 atom stereocenters. The summed E-state index contributed by atoms with van der Waals surface area (Å²) < 4.78 is 5.67. The van der Waals surface area contributed by atoms with Gasteiger partial charge in [-0.05, 0) is 124 Å². The van der Waals surface area contributed by atoms with Gasteiger partial charge in [0.1, 0.15) is 11.5 Å². The van der Waals surface area contributed by atoms with Gasteiger partial charge in [-0.3, -0.25) is 4.90 Å². The number of phenolic OH excluding ortho intramolecular Hbond substituents is 1. The molecule has 3 aliphatic heterocycles. The highest BCUT2D eigenvalue weighted by Gasteiger charge is 2.40. The summed E-state index contributed by atoms with van der Waals surface area (Å²) in [5, 5.41) is 15.4. The first-order chi connectivity index (χ1) is 22.6. The van der Waals surface area contributed by atoms with Crippen molar-refractivity contribution in [3.63, 3.8) is 0 Å². The standard InChI is InChI=1S/C38H57N5O2S2/c1-6-45-36-15-11-29(12-16-36)17-19-41-33(21-28(4)5)26-43(38(41)47)34(22-30-9-13-35(44)14-10-30)24-40-18-7-8-31(40)25-42-32(20-27(2)3)23-39-37(42)46/h9-16,27-28,31-34,44H,6-8,17-26H2,1-5H3,(H,39,46)/t31-,32+,33+,34+/m1/s1.